The number of ether oxygens (including phenoxy) is 1. The van der Waals surface area contributed by atoms with Crippen LogP contribution in [0.1, 0.15) is 25.7 Å². The van der Waals surface area contributed by atoms with Crippen molar-refractivity contribution in [3.05, 3.63) is 24.3 Å². The van der Waals surface area contributed by atoms with Gasteiger partial charge in [-0.2, -0.15) is 0 Å². The van der Waals surface area contributed by atoms with E-state index in [2.05, 4.69) is 18.0 Å². The molecule has 0 aliphatic heterocycles. The monoisotopic (exact) mass is 249 g/mol. The lowest BCUT2D eigenvalue weighted by Gasteiger charge is -2.28. The van der Waals surface area contributed by atoms with Crippen molar-refractivity contribution in [1.29, 1.82) is 0 Å². The molecule has 4 heteroatoms. The average molecular weight is 249 g/mol. The summed E-state index contributed by atoms with van der Waals surface area (Å²) in [6.45, 7) is 3.67. The van der Waals surface area contributed by atoms with Crippen LogP contribution in [0.3, 0.4) is 0 Å². The number of allylic oxidation sites excluding steroid dienone is 1. The van der Waals surface area contributed by atoms with Crippen molar-refractivity contribution in [2.45, 2.75) is 25.7 Å². The van der Waals surface area contributed by atoms with Crippen LogP contribution in [0.2, 0.25) is 0 Å². The van der Waals surface area contributed by atoms with E-state index in [-0.39, 0.29) is 11.3 Å². The van der Waals surface area contributed by atoms with E-state index in [0.29, 0.717) is 18.9 Å². The zero-order valence-electron chi connectivity index (χ0n) is 10.7. The summed E-state index contributed by atoms with van der Waals surface area (Å²) in [6, 6.07) is 0. The lowest BCUT2D eigenvalue weighted by atomic mass is 9.78. The van der Waals surface area contributed by atoms with Crippen LogP contribution in [0.5, 0.6) is 0 Å². The molecule has 0 aromatic heterocycles. The fourth-order valence-corrected chi connectivity index (χ4v) is 3.20. The molecule has 2 atom stereocenters. The van der Waals surface area contributed by atoms with Gasteiger partial charge in [0.1, 0.15) is 0 Å². The molecule has 0 aromatic carbocycles. The topological polar surface area (TPSA) is 55.4 Å². The summed E-state index contributed by atoms with van der Waals surface area (Å²) in [4.78, 5) is 23.1. The zero-order valence-corrected chi connectivity index (χ0v) is 10.7. The molecule has 98 valence electrons. The van der Waals surface area contributed by atoms with Crippen LogP contribution in [-0.4, -0.2) is 25.5 Å². The van der Waals surface area contributed by atoms with Gasteiger partial charge in [0.05, 0.1) is 12.0 Å². The Morgan fingerprint density at radius 3 is 3.06 bits per heavy atom. The maximum Gasteiger partial charge on any atom is 0.330 e. The fraction of sp³-hybridized carbons (Fsp3) is 0.571. The first-order valence-corrected chi connectivity index (χ1v) is 6.35. The van der Waals surface area contributed by atoms with Gasteiger partial charge in [-0.3, -0.25) is 4.79 Å². The molecule has 2 unspecified atom stereocenters. The highest BCUT2D eigenvalue weighted by molar-refractivity contribution is 5.87. The van der Waals surface area contributed by atoms with Gasteiger partial charge in [0, 0.05) is 19.5 Å². The van der Waals surface area contributed by atoms with Gasteiger partial charge >= 0.3 is 5.97 Å². The van der Waals surface area contributed by atoms with E-state index in [0.717, 1.165) is 30.9 Å². The summed E-state index contributed by atoms with van der Waals surface area (Å²) in [5, 5.41) is 2.76. The number of amides is 1. The molecule has 0 aromatic rings. The van der Waals surface area contributed by atoms with E-state index in [9.17, 15) is 9.59 Å². The summed E-state index contributed by atoms with van der Waals surface area (Å²) in [5.74, 6) is 0.212. The molecule has 18 heavy (non-hydrogen) atoms. The smallest absolute Gasteiger partial charge is 0.330 e. The van der Waals surface area contributed by atoms with E-state index in [4.69, 9.17) is 4.74 Å². The van der Waals surface area contributed by atoms with Gasteiger partial charge in [0.15, 0.2) is 0 Å². The number of hydrogen-bond acceptors (Lipinski definition) is 3. The second kappa shape index (κ2) is 4.96. The van der Waals surface area contributed by atoms with Crippen LogP contribution >= 0.6 is 0 Å². The third-order valence-electron chi connectivity index (χ3n) is 4.05. The Labute approximate surface area is 107 Å². The third-order valence-corrected chi connectivity index (χ3v) is 4.05. The number of nitrogens with one attached hydrogen (secondary N) is 1. The highest BCUT2D eigenvalue weighted by atomic mass is 16.5. The Balaban J connectivity index is 1.99. The van der Waals surface area contributed by atoms with Crippen molar-refractivity contribution in [3.8, 4) is 0 Å². The van der Waals surface area contributed by atoms with Gasteiger partial charge in [0.2, 0.25) is 5.91 Å². The molecule has 0 spiro atoms. The number of hydrogen-bond donors (Lipinski definition) is 1. The van der Waals surface area contributed by atoms with E-state index < -0.39 is 5.97 Å². The fourth-order valence-electron chi connectivity index (χ4n) is 3.20. The van der Waals surface area contributed by atoms with Gasteiger partial charge in [-0.1, -0.05) is 18.2 Å². The Kier molecular flexibility index (Phi) is 3.55. The molecule has 2 rings (SSSR count). The Morgan fingerprint density at radius 1 is 1.67 bits per heavy atom. The van der Waals surface area contributed by atoms with Gasteiger partial charge in [-0.05, 0) is 25.2 Å². The van der Waals surface area contributed by atoms with Crippen molar-refractivity contribution in [2.24, 2.45) is 11.3 Å². The first-order chi connectivity index (χ1) is 8.62. The zero-order chi connectivity index (χ0) is 13.2. The second-order valence-corrected chi connectivity index (χ2v) is 4.98. The van der Waals surface area contributed by atoms with Crippen LogP contribution in [0.4, 0.5) is 0 Å². The molecular formula is C14H19NO3. The van der Waals surface area contributed by atoms with E-state index in [1.54, 1.807) is 7.05 Å². The van der Waals surface area contributed by atoms with Crippen LogP contribution in [-0.2, 0) is 14.3 Å². The largest absolute Gasteiger partial charge is 0.462 e. The number of carbonyl (C=O) groups is 2. The summed E-state index contributed by atoms with van der Waals surface area (Å²) >= 11 is 0. The molecule has 4 nitrogen and oxygen atoms in total. The quantitative estimate of drug-likeness (QED) is 0.457. The molecule has 1 N–H and O–H groups in total. The maximum atomic E-state index is 12.1. The SMILES string of the molecule is C=CC(=O)OCCC1=CC2CCC1(C(=O)NC)C2. The second-order valence-electron chi connectivity index (χ2n) is 4.98. The lowest BCUT2D eigenvalue weighted by Crippen LogP contribution is -2.38. The first kappa shape index (κ1) is 12.9. The lowest BCUT2D eigenvalue weighted by molar-refractivity contribution is -0.137. The van der Waals surface area contributed by atoms with Gasteiger partial charge in [0.25, 0.3) is 0 Å². The van der Waals surface area contributed by atoms with Crippen molar-refractivity contribution >= 4 is 11.9 Å². The van der Waals surface area contributed by atoms with Crippen molar-refractivity contribution < 1.29 is 14.3 Å². The van der Waals surface area contributed by atoms with Crippen LogP contribution in [0.25, 0.3) is 0 Å². The first-order valence-electron chi connectivity index (χ1n) is 6.35. The summed E-state index contributed by atoms with van der Waals surface area (Å²) in [5.41, 5.74) is 0.801. The Morgan fingerprint density at radius 2 is 2.44 bits per heavy atom. The number of esters is 1. The average Bonchev–Trinajstić information content (AvgIpc) is 2.96. The van der Waals surface area contributed by atoms with Gasteiger partial charge in [-0.25, -0.2) is 4.79 Å². The molecule has 0 radical (unpaired) electrons. The predicted molar refractivity (Wildman–Crippen MR) is 67.7 cm³/mol. The molecule has 2 bridgehead atoms. The standard InChI is InChI=1S/C14H19NO3/c1-3-12(16)18-7-5-11-8-10-4-6-14(11,9-10)13(17)15-2/h3,8,10H,1,4-7,9H2,2H3,(H,15,17). The van der Waals surface area contributed by atoms with Crippen molar-refractivity contribution in [1.82, 2.24) is 5.32 Å². The molecule has 0 saturated heterocycles. The van der Waals surface area contributed by atoms with Crippen LogP contribution < -0.4 is 5.32 Å². The molecular weight excluding hydrogens is 230 g/mol. The molecule has 0 heterocycles. The number of fused-ring (bicyclic) bond motifs is 2. The van der Waals surface area contributed by atoms with Gasteiger partial charge < -0.3 is 10.1 Å². The Bertz CT molecular complexity index is 413. The molecule has 1 fully saturated rings. The van der Waals surface area contributed by atoms with E-state index in [1.165, 1.54) is 0 Å². The summed E-state index contributed by atoms with van der Waals surface area (Å²) in [6.07, 6.45) is 6.91. The summed E-state index contributed by atoms with van der Waals surface area (Å²) in [7, 11) is 1.68. The minimum atomic E-state index is -0.409. The number of rotatable bonds is 5. The van der Waals surface area contributed by atoms with E-state index >= 15 is 0 Å². The van der Waals surface area contributed by atoms with Crippen LogP contribution in [0.15, 0.2) is 24.3 Å². The normalized spacial score (nSPS) is 28.7. The molecule has 1 amide bonds. The summed E-state index contributed by atoms with van der Waals surface area (Å²) < 4.78 is 4.99. The van der Waals surface area contributed by atoms with E-state index in [1.807, 2.05) is 0 Å². The van der Waals surface area contributed by atoms with Gasteiger partial charge in [-0.15, -0.1) is 0 Å². The number of carbonyl (C=O) groups excluding carboxylic acids is 2. The highest BCUT2D eigenvalue weighted by Crippen LogP contribution is 2.54. The van der Waals surface area contributed by atoms with Crippen molar-refractivity contribution in [3.63, 3.8) is 0 Å². The minimum Gasteiger partial charge on any atom is -0.462 e. The maximum absolute atomic E-state index is 12.1. The molecule has 1 saturated carbocycles. The Hall–Kier alpha value is -1.58. The minimum absolute atomic E-state index is 0.101. The van der Waals surface area contributed by atoms with Crippen LogP contribution in [0, 0.1) is 11.3 Å². The third kappa shape index (κ3) is 2.07. The highest BCUT2D eigenvalue weighted by Gasteiger charge is 2.50. The van der Waals surface area contributed by atoms with Crippen molar-refractivity contribution in [2.75, 3.05) is 13.7 Å². The molecule has 2 aliphatic carbocycles. The molecule has 2 aliphatic rings. The predicted octanol–water partition coefficient (Wildman–Crippen LogP) is 1.58.